The smallest absolute Gasteiger partial charge is 0.314 e. The van der Waals surface area contributed by atoms with Gasteiger partial charge in [-0.1, -0.05) is 0 Å². The highest BCUT2D eigenvalue weighted by molar-refractivity contribution is 6.08. The van der Waals surface area contributed by atoms with E-state index in [4.69, 9.17) is 9.84 Å². The van der Waals surface area contributed by atoms with Crippen LogP contribution in [0.2, 0.25) is 0 Å². The third kappa shape index (κ3) is 4.18. The molecule has 0 aliphatic heterocycles. The van der Waals surface area contributed by atoms with Crippen LogP contribution in [0.4, 0.5) is 10.2 Å². The van der Waals surface area contributed by atoms with Gasteiger partial charge in [0.05, 0.1) is 5.56 Å². The Morgan fingerprint density at radius 2 is 2.05 bits per heavy atom. The Bertz CT molecular complexity index is 538. The molecule has 20 heavy (non-hydrogen) atoms. The van der Waals surface area contributed by atoms with E-state index in [0.717, 1.165) is 6.07 Å². The highest BCUT2D eigenvalue weighted by Gasteiger charge is 2.23. The largest absolute Gasteiger partial charge is 0.491 e. The molecule has 0 spiro atoms. The number of carbonyl (C=O) groups is 2. The van der Waals surface area contributed by atoms with Crippen molar-refractivity contribution >= 4 is 17.6 Å². The van der Waals surface area contributed by atoms with Gasteiger partial charge in [0.25, 0.3) is 0 Å². The number of Topliss-reactive ketones (excluding diaryl/α,β-unsaturated/α-hetero) is 1. The van der Waals surface area contributed by atoms with Gasteiger partial charge in [-0.05, 0) is 26.8 Å². The summed E-state index contributed by atoms with van der Waals surface area (Å²) in [4.78, 5) is 27.0. The fourth-order valence-electron chi connectivity index (χ4n) is 1.49. The summed E-state index contributed by atoms with van der Waals surface area (Å²) in [7, 11) is 1.46. The zero-order valence-corrected chi connectivity index (χ0v) is 11.8. The normalized spacial score (nSPS) is 11.1. The van der Waals surface area contributed by atoms with Gasteiger partial charge in [-0.2, -0.15) is 4.98 Å². The van der Waals surface area contributed by atoms with E-state index in [1.807, 2.05) is 0 Å². The average molecular weight is 284 g/mol. The highest BCUT2D eigenvalue weighted by atomic mass is 19.1. The Kier molecular flexibility index (Phi) is 4.65. The van der Waals surface area contributed by atoms with E-state index in [-0.39, 0.29) is 11.4 Å². The second-order valence-electron chi connectivity index (χ2n) is 5.13. The number of nitrogens with zero attached hydrogens (tertiary/aromatic N) is 1. The lowest BCUT2D eigenvalue weighted by Crippen LogP contribution is -2.25. The molecule has 0 atom stereocenters. The molecule has 7 heteroatoms. The molecule has 0 saturated heterocycles. The molecule has 1 aromatic heterocycles. The number of aromatic nitrogens is 1. The van der Waals surface area contributed by atoms with Crippen LogP contribution in [0.5, 0.6) is 5.88 Å². The van der Waals surface area contributed by atoms with Gasteiger partial charge >= 0.3 is 5.97 Å². The molecule has 1 heterocycles. The van der Waals surface area contributed by atoms with Crippen molar-refractivity contribution in [1.82, 2.24) is 4.98 Å². The second-order valence-corrected chi connectivity index (χ2v) is 5.13. The first-order chi connectivity index (χ1) is 9.14. The van der Waals surface area contributed by atoms with Gasteiger partial charge in [0.2, 0.25) is 5.88 Å². The van der Waals surface area contributed by atoms with Crippen LogP contribution < -0.4 is 5.32 Å². The zero-order chi connectivity index (χ0) is 15.5. The molecular weight excluding hydrogens is 267 g/mol. The number of nitrogens with one attached hydrogen (secondary N) is 1. The van der Waals surface area contributed by atoms with Crippen LogP contribution in [0, 0.1) is 5.82 Å². The summed E-state index contributed by atoms with van der Waals surface area (Å²) in [5, 5.41) is 11.7. The second kappa shape index (κ2) is 5.85. The fraction of sp³-hybridized carbons (Fsp3) is 0.462. The standard InChI is InChI=1S/C13H17FN2O4/c1-13(2,3)20-10(18)6-9(17)7-5-8(14)12(19)16-11(7)15-4/h5H,6H2,1-4H3,(H2,15,16,19). The van der Waals surface area contributed by atoms with E-state index in [9.17, 15) is 14.0 Å². The summed E-state index contributed by atoms with van der Waals surface area (Å²) in [6.07, 6.45) is -0.530. The molecule has 0 saturated carbocycles. The van der Waals surface area contributed by atoms with Crippen molar-refractivity contribution in [2.45, 2.75) is 32.8 Å². The van der Waals surface area contributed by atoms with Gasteiger partial charge in [-0.15, -0.1) is 0 Å². The lowest BCUT2D eigenvalue weighted by atomic mass is 10.1. The molecule has 2 N–H and O–H groups in total. The molecule has 0 amide bonds. The predicted octanol–water partition coefficient (Wildman–Crippen LogP) is 1.88. The highest BCUT2D eigenvalue weighted by Crippen LogP contribution is 2.22. The number of halogens is 1. The Balaban J connectivity index is 2.93. The number of hydrogen-bond donors (Lipinski definition) is 2. The number of carbonyl (C=O) groups excluding carboxylic acids is 2. The first kappa shape index (κ1) is 15.9. The topological polar surface area (TPSA) is 88.5 Å². The molecule has 0 aromatic carbocycles. The summed E-state index contributed by atoms with van der Waals surface area (Å²) in [5.74, 6) is -3.20. The number of ether oxygens (including phenoxy) is 1. The molecule has 0 radical (unpaired) electrons. The maximum atomic E-state index is 13.3. The summed E-state index contributed by atoms with van der Waals surface area (Å²) < 4.78 is 18.3. The summed E-state index contributed by atoms with van der Waals surface area (Å²) >= 11 is 0. The van der Waals surface area contributed by atoms with Crippen LogP contribution in [0.15, 0.2) is 6.07 Å². The van der Waals surface area contributed by atoms with Crippen molar-refractivity contribution in [3.8, 4) is 5.88 Å². The third-order valence-electron chi connectivity index (χ3n) is 2.22. The van der Waals surface area contributed by atoms with Gasteiger partial charge in [0.1, 0.15) is 17.8 Å². The van der Waals surface area contributed by atoms with E-state index in [0.29, 0.717) is 0 Å². The summed E-state index contributed by atoms with van der Waals surface area (Å²) in [6.45, 7) is 5.03. The Labute approximate surface area is 116 Å². The Hall–Kier alpha value is -2.18. The number of hydrogen-bond acceptors (Lipinski definition) is 6. The van der Waals surface area contributed by atoms with Crippen molar-refractivity contribution in [2.24, 2.45) is 0 Å². The molecule has 0 aliphatic carbocycles. The minimum Gasteiger partial charge on any atom is -0.491 e. The first-order valence-corrected chi connectivity index (χ1v) is 5.96. The van der Waals surface area contributed by atoms with Crippen molar-refractivity contribution in [3.63, 3.8) is 0 Å². The number of aromatic hydroxyl groups is 1. The van der Waals surface area contributed by atoms with Crippen LogP contribution in [0.1, 0.15) is 37.6 Å². The number of pyridine rings is 1. The SMILES string of the molecule is CNc1nc(O)c(F)cc1C(=O)CC(=O)OC(C)(C)C. The lowest BCUT2D eigenvalue weighted by Gasteiger charge is -2.19. The van der Waals surface area contributed by atoms with Crippen LogP contribution >= 0.6 is 0 Å². The number of anilines is 1. The summed E-state index contributed by atoms with van der Waals surface area (Å²) in [6, 6.07) is 0.834. The van der Waals surface area contributed by atoms with Gasteiger partial charge in [0.15, 0.2) is 11.6 Å². The number of esters is 1. The summed E-state index contributed by atoms with van der Waals surface area (Å²) in [5.41, 5.74) is -0.824. The lowest BCUT2D eigenvalue weighted by molar-refractivity contribution is -0.153. The maximum Gasteiger partial charge on any atom is 0.314 e. The van der Waals surface area contributed by atoms with E-state index in [1.54, 1.807) is 20.8 Å². The van der Waals surface area contributed by atoms with E-state index in [1.165, 1.54) is 7.05 Å². The fourth-order valence-corrected chi connectivity index (χ4v) is 1.49. The van der Waals surface area contributed by atoms with Crippen LogP contribution in [-0.4, -0.2) is 34.5 Å². The van der Waals surface area contributed by atoms with Crippen molar-refractivity contribution in [3.05, 3.63) is 17.4 Å². The van der Waals surface area contributed by atoms with Crippen molar-refractivity contribution in [2.75, 3.05) is 12.4 Å². The molecule has 0 bridgehead atoms. The molecule has 0 unspecified atom stereocenters. The van der Waals surface area contributed by atoms with Gasteiger partial charge < -0.3 is 15.2 Å². The van der Waals surface area contributed by atoms with E-state index in [2.05, 4.69) is 10.3 Å². The van der Waals surface area contributed by atoms with Crippen molar-refractivity contribution < 1.29 is 23.8 Å². The Morgan fingerprint density at radius 1 is 1.45 bits per heavy atom. The number of ketones is 1. The minimum atomic E-state index is -1.03. The number of rotatable bonds is 4. The molecule has 1 aromatic rings. The molecule has 6 nitrogen and oxygen atoms in total. The first-order valence-electron chi connectivity index (χ1n) is 5.96. The van der Waals surface area contributed by atoms with Crippen LogP contribution in [0.3, 0.4) is 0 Å². The average Bonchev–Trinajstić information content (AvgIpc) is 2.29. The van der Waals surface area contributed by atoms with Gasteiger partial charge in [0, 0.05) is 7.05 Å². The monoisotopic (exact) mass is 284 g/mol. The molecule has 110 valence electrons. The van der Waals surface area contributed by atoms with Gasteiger partial charge in [-0.25, -0.2) is 4.39 Å². The maximum absolute atomic E-state index is 13.3. The predicted molar refractivity (Wildman–Crippen MR) is 70.2 cm³/mol. The third-order valence-corrected chi connectivity index (χ3v) is 2.22. The Morgan fingerprint density at radius 3 is 2.55 bits per heavy atom. The minimum absolute atomic E-state index is 0.00235. The van der Waals surface area contributed by atoms with Crippen molar-refractivity contribution in [1.29, 1.82) is 0 Å². The van der Waals surface area contributed by atoms with Gasteiger partial charge in [-0.3, -0.25) is 9.59 Å². The van der Waals surface area contributed by atoms with E-state index < -0.39 is 35.5 Å². The molecule has 0 fully saturated rings. The molecule has 0 aliphatic rings. The molecular formula is C13H17FN2O4. The molecule has 1 rings (SSSR count). The van der Waals surface area contributed by atoms with Crippen LogP contribution in [-0.2, 0) is 9.53 Å². The zero-order valence-electron chi connectivity index (χ0n) is 11.8. The quantitative estimate of drug-likeness (QED) is 0.498. The van der Waals surface area contributed by atoms with Crippen LogP contribution in [0.25, 0.3) is 0 Å². The van der Waals surface area contributed by atoms with E-state index >= 15 is 0 Å².